The highest BCUT2D eigenvalue weighted by Crippen LogP contribution is 2.26. The molecule has 49 heavy (non-hydrogen) atoms. The summed E-state index contributed by atoms with van der Waals surface area (Å²) in [6.45, 7) is 11.4. The Hall–Kier alpha value is -3.85. The van der Waals surface area contributed by atoms with E-state index in [-0.39, 0.29) is 53.6 Å². The highest BCUT2D eigenvalue weighted by atomic mass is 32.2. The zero-order valence-corrected chi connectivity index (χ0v) is 30.5. The second kappa shape index (κ2) is 16.2. The number of aromatic nitrogens is 1. The summed E-state index contributed by atoms with van der Waals surface area (Å²) in [5, 5.41) is 27.7. The molecule has 0 saturated carbocycles. The van der Waals surface area contributed by atoms with Crippen molar-refractivity contribution in [2.45, 2.75) is 77.6 Å². The minimum absolute atomic E-state index is 0.0485. The van der Waals surface area contributed by atoms with Crippen LogP contribution in [-0.2, 0) is 27.8 Å². The smallest absolute Gasteiger partial charge is 0.321 e. The topological polar surface area (TPSA) is 160 Å². The quantitative estimate of drug-likeness (QED) is 0.188. The third-order valence-electron chi connectivity index (χ3n) is 8.42. The molecule has 1 saturated heterocycles. The number of ketones is 1. The largest absolute Gasteiger partial charge is 0.507 e. The van der Waals surface area contributed by atoms with E-state index in [0.29, 0.717) is 19.6 Å². The molecule has 0 unspecified atom stereocenters. The number of hydrogen-bond donors (Lipinski definition) is 3. The molecule has 0 radical (unpaired) electrons. The predicted octanol–water partition coefficient (Wildman–Crippen LogP) is 4.06. The number of aliphatic hydroxyl groups is 1. The van der Waals surface area contributed by atoms with Gasteiger partial charge in [-0.2, -0.15) is 4.31 Å². The van der Waals surface area contributed by atoms with Crippen LogP contribution < -0.4 is 5.32 Å². The molecule has 4 rings (SSSR count). The number of hydrogen-bond acceptors (Lipinski definition) is 9. The average Bonchev–Trinajstić information content (AvgIpc) is 3.60. The highest BCUT2D eigenvalue weighted by molar-refractivity contribution is 7.89. The van der Waals surface area contributed by atoms with E-state index in [1.54, 1.807) is 9.80 Å². The summed E-state index contributed by atoms with van der Waals surface area (Å²) in [5.41, 5.74) is 1.48. The Bertz CT molecular complexity index is 1730. The van der Waals surface area contributed by atoms with Gasteiger partial charge in [0.1, 0.15) is 11.8 Å². The molecule has 3 atom stereocenters. The van der Waals surface area contributed by atoms with E-state index in [1.165, 1.54) is 24.3 Å². The first-order chi connectivity index (χ1) is 23.1. The first kappa shape index (κ1) is 38.0. The summed E-state index contributed by atoms with van der Waals surface area (Å²) in [4.78, 5) is 47.2. The zero-order valence-electron chi connectivity index (χ0n) is 28.9. The number of urea groups is 1. The number of phenolic OH excluding ortho intramolecular Hbond substituents is 1. The lowest BCUT2D eigenvalue weighted by molar-refractivity contribution is -0.128. The van der Waals surface area contributed by atoms with Gasteiger partial charge in [0.25, 0.3) is 0 Å². The molecular formula is C35H47N5O7S2. The number of nitrogens with one attached hydrogen (secondary N) is 1. The normalized spacial score (nSPS) is 15.7. The lowest BCUT2D eigenvalue weighted by Crippen LogP contribution is -2.57. The van der Waals surface area contributed by atoms with E-state index >= 15 is 0 Å². The summed E-state index contributed by atoms with van der Waals surface area (Å²) in [6, 6.07) is 10.7. The molecule has 3 amide bonds. The fourth-order valence-corrected chi connectivity index (χ4v) is 8.28. The van der Waals surface area contributed by atoms with E-state index in [9.17, 15) is 33.0 Å². The number of Topliss-reactive ketones (excluding diaryl/α,β-unsaturated/α-hetero) is 1. The maximum absolute atomic E-state index is 14.1. The molecule has 14 heteroatoms. The van der Waals surface area contributed by atoms with Crippen LogP contribution in [0.1, 0.15) is 61.2 Å². The van der Waals surface area contributed by atoms with E-state index < -0.39 is 39.9 Å². The number of aryl methyl sites for hydroxylation is 1. The van der Waals surface area contributed by atoms with Crippen molar-refractivity contribution in [3.8, 4) is 5.75 Å². The Morgan fingerprint density at radius 3 is 2.35 bits per heavy atom. The molecule has 1 aliphatic rings. The Morgan fingerprint density at radius 2 is 1.76 bits per heavy atom. The van der Waals surface area contributed by atoms with Gasteiger partial charge in [-0.05, 0) is 55.9 Å². The highest BCUT2D eigenvalue weighted by Gasteiger charge is 2.40. The summed E-state index contributed by atoms with van der Waals surface area (Å²) in [6.07, 6.45) is -1.15. The zero-order chi connectivity index (χ0) is 36.0. The molecule has 1 aliphatic heterocycles. The fourth-order valence-electron chi connectivity index (χ4n) is 6.03. The lowest BCUT2D eigenvalue weighted by Gasteiger charge is -2.34. The van der Waals surface area contributed by atoms with Crippen molar-refractivity contribution < 1.29 is 33.0 Å². The molecular weight excluding hydrogens is 667 g/mol. The van der Waals surface area contributed by atoms with E-state index in [1.807, 2.05) is 70.3 Å². The van der Waals surface area contributed by atoms with Crippen molar-refractivity contribution in [3.63, 3.8) is 0 Å². The predicted molar refractivity (Wildman–Crippen MR) is 188 cm³/mol. The van der Waals surface area contributed by atoms with Crippen LogP contribution in [0.2, 0.25) is 0 Å². The molecule has 2 aromatic carbocycles. The molecule has 266 valence electrons. The molecule has 0 aliphatic carbocycles. The number of aliphatic hydroxyl groups excluding tert-OH is 1. The van der Waals surface area contributed by atoms with Crippen LogP contribution in [0.25, 0.3) is 0 Å². The van der Waals surface area contributed by atoms with Gasteiger partial charge >= 0.3 is 6.03 Å². The van der Waals surface area contributed by atoms with Gasteiger partial charge in [-0.1, -0.05) is 58.0 Å². The minimum Gasteiger partial charge on any atom is -0.507 e. The Kier molecular flexibility index (Phi) is 12.6. The van der Waals surface area contributed by atoms with Gasteiger partial charge in [0, 0.05) is 31.6 Å². The third kappa shape index (κ3) is 9.44. The van der Waals surface area contributed by atoms with Gasteiger partial charge < -0.3 is 25.3 Å². The molecule has 2 heterocycles. The standard InChI is InChI=1S/C35H47N5O7S2/c1-22(2)18-39(49(46,47)28-12-13-31(42)29(17-28)24(5)41)20-32(43)30(16-26-10-8-7-9-11-26)37-34(44)33(23(3)4)40-15-14-38(35(40)45)19-27-21-48-25(6)36-27/h7-13,17,21-23,30,32-33,42-43H,14-16,18-20H2,1-6H3,(H,37,44)/t30-,32-,33-/m0/s1. The van der Waals surface area contributed by atoms with Gasteiger partial charge in [-0.3, -0.25) is 9.59 Å². The van der Waals surface area contributed by atoms with Gasteiger partial charge in [0.05, 0.1) is 39.9 Å². The SMILES string of the molecule is CC(=O)c1cc(S(=O)(=O)N(CC(C)C)C[C@H](O)[C@H](Cc2ccccc2)NC(=O)[C@H](C(C)C)N2CCN(Cc3csc(C)n3)C2=O)ccc1O. The molecule has 3 aromatic rings. The molecule has 12 nitrogen and oxygen atoms in total. The van der Waals surface area contributed by atoms with Crippen molar-refractivity contribution >= 4 is 39.1 Å². The number of phenols is 1. The second-order valence-electron chi connectivity index (χ2n) is 13.3. The molecule has 0 bridgehead atoms. The Labute approximate surface area is 292 Å². The van der Waals surface area contributed by atoms with Crippen molar-refractivity contribution in [1.82, 2.24) is 24.4 Å². The van der Waals surface area contributed by atoms with Crippen molar-refractivity contribution in [2.24, 2.45) is 11.8 Å². The number of carbonyl (C=O) groups is 3. The van der Waals surface area contributed by atoms with Gasteiger partial charge in [-0.25, -0.2) is 18.2 Å². The van der Waals surface area contributed by atoms with Crippen LogP contribution in [0.15, 0.2) is 58.8 Å². The summed E-state index contributed by atoms with van der Waals surface area (Å²) < 4.78 is 29.0. The van der Waals surface area contributed by atoms with Crippen molar-refractivity contribution in [1.29, 1.82) is 0 Å². The fraction of sp³-hybridized carbons (Fsp3) is 0.486. The summed E-state index contributed by atoms with van der Waals surface area (Å²) in [5.74, 6) is -1.66. The first-order valence-corrected chi connectivity index (χ1v) is 18.7. The molecule has 3 N–H and O–H groups in total. The number of rotatable bonds is 16. The summed E-state index contributed by atoms with van der Waals surface area (Å²) in [7, 11) is -4.24. The van der Waals surface area contributed by atoms with Gasteiger partial charge in [-0.15, -0.1) is 11.3 Å². The maximum Gasteiger partial charge on any atom is 0.321 e. The van der Waals surface area contributed by atoms with Gasteiger partial charge in [0.2, 0.25) is 15.9 Å². The van der Waals surface area contributed by atoms with E-state index in [4.69, 9.17) is 0 Å². The van der Waals surface area contributed by atoms with Gasteiger partial charge in [0.15, 0.2) is 5.78 Å². The third-order valence-corrected chi connectivity index (χ3v) is 11.1. The summed E-state index contributed by atoms with van der Waals surface area (Å²) >= 11 is 1.51. The van der Waals surface area contributed by atoms with Crippen LogP contribution >= 0.6 is 11.3 Å². The number of sulfonamides is 1. The van der Waals surface area contributed by atoms with Crippen LogP contribution in [0.4, 0.5) is 4.79 Å². The second-order valence-corrected chi connectivity index (χ2v) is 16.3. The lowest BCUT2D eigenvalue weighted by atomic mass is 9.97. The van der Waals surface area contributed by atoms with Crippen molar-refractivity contribution in [3.05, 3.63) is 75.7 Å². The van der Waals surface area contributed by atoms with Crippen LogP contribution in [0, 0.1) is 18.8 Å². The molecule has 1 aromatic heterocycles. The molecule has 1 fully saturated rings. The van der Waals surface area contributed by atoms with Crippen molar-refractivity contribution in [2.75, 3.05) is 26.2 Å². The number of benzene rings is 2. The minimum atomic E-state index is -4.24. The number of nitrogens with zero attached hydrogens (tertiary/aromatic N) is 4. The van der Waals surface area contributed by atoms with Crippen LogP contribution in [0.3, 0.4) is 0 Å². The Morgan fingerprint density at radius 1 is 1.06 bits per heavy atom. The number of aromatic hydroxyl groups is 1. The molecule has 0 spiro atoms. The number of carbonyl (C=O) groups excluding carboxylic acids is 3. The average molecular weight is 714 g/mol. The number of amides is 3. The van der Waals surface area contributed by atoms with Crippen LogP contribution in [-0.4, -0.2) is 99.8 Å². The monoisotopic (exact) mass is 713 g/mol. The first-order valence-electron chi connectivity index (χ1n) is 16.4. The maximum atomic E-state index is 14.1. The van der Waals surface area contributed by atoms with E-state index in [0.717, 1.165) is 32.7 Å². The van der Waals surface area contributed by atoms with E-state index in [2.05, 4.69) is 10.3 Å². The Balaban J connectivity index is 1.60. The number of thiazole rings is 1. The van der Waals surface area contributed by atoms with Crippen LogP contribution in [0.5, 0.6) is 5.75 Å².